The van der Waals surface area contributed by atoms with Crippen molar-refractivity contribution in [2.24, 2.45) is 5.73 Å². The van der Waals surface area contributed by atoms with Gasteiger partial charge in [0.2, 0.25) is 0 Å². The molecule has 0 aliphatic heterocycles. The van der Waals surface area contributed by atoms with Crippen molar-refractivity contribution in [2.75, 3.05) is 6.54 Å². The van der Waals surface area contributed by atoms with Crippen molar-refractivity contribution in [3.8, 4) is 10.6 Å². The quantitative estimate of drug-likeness (QED) is 0.912. The SMILES string of the molecule is CC(C)(CN)NC(=O)c1csc(-c2c(F)cccc2F)n1. The zero-order valence-corrected chi connectivity index (χ0v) is 12.4. The Morgan fingerprint density at radius 1 is 1.38 bits per heavy atom. The average molecular weight is 311 g/mol. The standard InChI is InChI=1S/C14H15F2N3OS/c1-14(2,7-17)19-12(20)10-6-21-13(18-10)11-8(15)4-3-5-9(11)16/h3-6H,7,17H2,1-2H3,(H,19,20). The molecule has 4 nitrogen and oxygen atoms in total. The number of thiazole rings is 1. The van der Waals surface area contributed by atoms with E-state index in [4.69, 9.17) is 5.73 Å². The molecule has 0 radical (unpaired) electrons. The lowest BCUT2D eigenvalue weighted by Crippen LogP contribution is -2.48. The van der Waals surface area contributed by atoms with Crippen LogP contribution in [-0.4, -0.2) is 23.0 Å². The Bertz CT molecular complexity index is 650. The molecule has 0 saturated carbocycles. The van der Waals surface area contributed by atoms with Crippen molar-refractivity contribution in [1.82, 2.24) is 10.3 Å². The molecule has 0 bridgehead atoms. The van der Waals surface area contributed by atoms with E-state index in [-0.39, 0.29) is 22.8 Å². The number of hydrogen-bond acceptors (Lipinski definition) is 4. The number of carbonyl (C=O) groups is 1. The van der Waals surface area contributed by atoms with E-state index in [0.29, 0.717) is 0 Å². The number of halogens is 2. The lowest BCUT2D eigenvalue weighted by Gasteiger charge is -2.23. The second kappa shape index (κ2) is 5.87. The predicted molar refractivity (Wildman–Crippen MR) is 78.1 cm³/mol. The Hall–Kier alpha value is -1.86. The van der Waals surface area contributed by atoms with Gasteiger partial charge in [0.15, 0.2) is 0 Å². The minimum atomic E-state index is -0.710. The molecule has 2 rings (SSSR count). The van der Waals surface area contributed by atoms with Gasteiger partial charge in [0.05, 0.1) is 5.56 Å². The first kappa shape index (κ1) is 15.5. The molecule has 0 aliphatic rings. The topological polar surface area (TPSA) is 68.0 Å². The monoisotopic (exact) mass is 311 g/mol. The number of nitrogens with zero attached hydrogens (tertiary/aromatic N) is 1. The van der Waals surface area contributed by atoms with Crippen LogP contribution < -0.4 is 11.1 Å². The molecule has 0 aliphatic carbocycles. The third kappa shape index (κ3) is 3.43. The molecule has 0 fully saturated rings. The zero-order chi connectivity index (χ0) is 15.6. The first-order chi connectivity index (χ1) is 9.84. The average Bonchev–Trinajstić information content (AvgIpc) is 2.87. The predicted octanol–water partition coefficient (Wildman–Crippen LogP) is 2.56. The van der Waals surface area contributed by atoms with Crippen LogP contribution in [0.3, 0.4) is 0 Å². The molecule has 3 N–H and O–H groups in total. The van der Waals surface area contributed by atoms with E-state index in [2.05, 4.69) is 10.3 Å². The molecule has 0 saturated heterocycles. The molecular formula is C14H15F2N3OS. The Kier molecular flexibility index (Phi) is 4.34. The summed E-state index contributed by atoms with van der Waals surface area (Å²) in [5, 5.41) is 4.30. The van der Waals surface area contributed by atoms with Crippen LogP contribution in [0.25, 0.3) is 10.6 Å². The van der Waals surface area contributed by atoms with E-state index < -0.39 is 23.1 Å². The van der Waals surface area contributed by atoms with Gasteiger partial charge in [-0.05, 0) is 26.0 Å². The molecule has 0 spiro atoms. The first-order valence-electron chi connectivity index (χ1n) is 6.26. The number of hydrogen-bond donors (Lipinski definition) is 2. The highest BCUT2D eigenvalue weighted by Crippen LogP contribution is 2.28. The summed E-state index contributed by atoms with van der Waals surface area (Å²) in [4.78, 5) is 16.0. The van der Waals surface area contributed by atoms with Gasteiger partial charge in [-0.1, -0.05) is 6.07 Å². The number of rotatable bonds is 4. The van der Waals surface area contributed by atoms with Crippen molar-refractivity contribution in [2.45, 2.75) is 19.4 Å². The van der Waals surface area contributed by atoms with Gasteiger partial charge in [-0.25, -0.2) is 13.8 Å². The number of nitrogens with one attached hydrogen (secondary N) is 1. The molecular weight excluding hydrogens is 296 g/mol. The largest absolute Gasteiger partial charge is 0.345 e. The normalized spacial score (nSPS) is 11.5. The fourth-order valence-electron chi connectivity index (χ4n) is 1.62. The third-order valence-corrected chi connectivity index (χ3v) is 3.74. The van der Waals surface area contributed by atoms with Gasteiger partial charge in [-0.15, -0.1) is 11.3 Å². The van der Waals surface area contributed by atoms with Crippen molar-refractivity contribution >= 4 is 17.2 Å². The van der Waals surface area contributed by atoms with Crippen LogP contribution in [0.1, 0.15) is 24.3 Å². The highest BCUT2D eigenvalue weighted by Gasteiger charge is 2.22. The lowest BCUT2D eigenvalue weighted by molar-refractivity contribution is 0.0911. The summed E-state index contributed by atoms with van der Waals surface area (Å²) in [6, 6.07) is 3.58. The summed E-state index contributed by atoms with van der Waals surface area (Å²) in [5.41, 5.74) is 4.85. The maximum Gasteiger partial charge on any atom is 0.271 e. The van der Waals surface area contributed by atoms with Gasteiger partial charge in [0, 0.05) is 17.5 Å². The molecule has 21 heavy (non-hydrogen) atoms. The number of carbonyl (C=O) groups excluding carboxylic acids is 1. The molecule has 0 unspecified atom stereocenters. The van der Waals surface area contributed by atoms with Crippen LogP contribution in [-0.2, 0) is 0 Å². The van der Waals surface area contributed by atoms with Crippen LogP contribution >= 0.6 is 11.3 Å². The Labute approximate surface area is 125 Å². The summed E-state index contributed by atoms with van der Waals surface area (Å²) in [5.74, 6) is -1.85. The first-order valence-corrected chi connectivity index (χ1v) is 7.14. The van der Waals surface area contributed by atoms with Crippen LogP contribution in [0.4, 0.5) is 8.78 Å². The zero-order valence-electron chi connectivity index (χ0n) is 11.6. The highest BCUT2D eigenvalue weighted by molar-refractivity contribution is 7.13. The van der Waals surface area contributed by atoms with Gasteiger partial charge in [0.1, 0.15) is 22.3 Å². The van der Waals surface area contributed by atoms with Crippen molar-refractivity contribution < 1.29 is 13.6 Å². The molecule has 1 aromatic heterocycles. The van der Waals surface area contributed by atoms with Crippen molar-refractivity contribution in [3.05, 3.63) is 40.9 Å². The number of benzene rings is 1. The number of nitrogens with two attached hydrogens (primary N) is 1. The fraction of sp³-hybridized carbons (Fsp3) is 0.286. The molecule has 1 aromatic carbocycles. The van der Waals surface area contributed by atoms with E-state index in [1.165, 1.54) is 11.4 Å². The molecule has 1 heterocycles. The van der Waals surface area contributed by atoms with Gasteiger partial charge in [0.25, 0.3) is 5.91 Å². The summed E-state index contributed by atoms with van der Waals surface area (Å²) in [6.07, 6.45) is 0. The Morgan fingerprint density at radius 2 is 2.00 bits per heavy atom. The van der Waals surface area contributed by atoms with Crippen LogP contribution in [0.15, 0.2) is 23.6 Å². The minimum absolute atomic E-state index is 0.110. The Morgan fingerprint density at radius 3 is 2.57 bits per heavy atom. The van der Waals surface area contributed by atoms with E-state index in [1.54, 1.807) is 13.8 Å². The molecule has 1 amide bonds. The smallest absolute Gasteiger partial charge is 0.271 e. The fourth-order valence-corrected chi connectivity index (χ4v) is 2.46. The Balaban J connectivity index is 2.28. The van der Waals surface area contributed by atoms with Crippen LogP contribution in [0, 0.1) is 11.6 Å². The minimum Gasteiger partial charge on any atom is -0.345 e. The summed E-state index contributed by atoms with van der Waals surface area (Å²) >= 11 is 1.01. The number of aromatic nitrogens is 1. The van der Waals surface area contributed by atoms with E-state index >= 15 is 0 Å². The van der Waals surface area contributed by atoms with Gasteiger partial charge >= 0.3 is 0 Å². The summed E-state index contributed by atoms with van der Waals surface area (Å²) < 4.78 is 27.4. The van der Waals surface area contributed by atoms with Crippen LogP contribution in [0.2, 0.25) is 0 Å². The molecule has 0 atom stereocenters. The third-order valence-electron chi connectivity index (χ3n) is 2.88. The highest BCUT2D eigenvalue weighted by atomic mass is 32.1. The lowest BCUT2D eigenvalue weighted by atomic mass is 10.1. The van der Waals surface area contributed by atoms with E-state index in [9.17, 15) is 13.6 Å². The maximum atomic E-state index is 13.7. The number of amides is 1. The second-order valence-electron chi connectivity index (χ2n) is 5.18. The van der Waals surface area contributed by atoms with E-state index in [0.717, 1.165) is 23.5 Å². The molecule has 112 valence electrons. The van der Waals surface area contributed by atoms with Crippen molar-refractivity contribution in [1.29, 1.82) is 0 Å². The molecule has 2 aromatic rings. The van der Waals surface area contributed by atoms with Gasteiger partial charge < -0.3 is 11.1 Å². The summed E-state index contributed by atoms with van der Waals surface area (Å²) in [7, 11) is 0. The maximum absolute atomic E-state index is 13.7. The van der Waals surface area contributed by atoms with Crippen molar-refractivity contribution in [3.63, 3.8) is 0 Å². The van der Waals surface area contributed by atoms with E-state index in [1.807, 2.05) is 0 Å². The van der Waals surface area contributed by atoms with Gasteiger partial charge in [-0.2, -0.15) is 0 Å². The molecule has 7 heteroatoms. The van der Waals surface area contributed by atoms with Gasteiger partial charge in [-0.3, -0.25) is 4.79 Å². The summed E-state index contributed by atoms with van der Waals surface area (Å²) in [6.45, 7) is 3.81. The second-order valence-corrected chi connectivity index (χ2v) is 6.03. The van der Waals surface area contributed by atoms with Crippen LogP contribution in [0.5, 0.6) is 0 Å².